The number of methoxy groups -OCH3 is 1. The highest BCUT2D eigenvalue weighted by atomic mass is 16.5. The maximum absolute atomic E-state index is 12.9. The molecule has 2 heterocycles. The third kappa shape index (κ3) is 2.31. The van der Waals surface area contributed by atoms with Gasteiger partial charge in [-0.1, -0.05) is 36.4 Å². The fourth-order valence-corrected chi connectivity index (χ4v) is 3.66. The van der Waals surface area contributed by atoms with Gasteiger partial charge in [-0.05, 0) is 17.7 Å². The average Bonchev–Trinajstić information content (AvgIpc) is 3.11. The molecule has 2 aromatic carbocycles. The standard InChI is InChI=1S/C20H18N2O3/c1-21-11-16(13-7-5-6-10-17(13)21)19-14-8-3-4-9-15(14)20(24)22(19)12-18(23)25-2/h3-11,19H,12H2,1-2H3/t19-/m1/s1. The quantitative estimate of drug-likeness (QED) is 0.692. The average molecular weight is 334 g/mol. The zero-order valence-corrected chi connectivity index (χ0v) is 14.1. The molecule has 0 radical (unpaired) electrons. The number of esters is 1. The molecule has 1 atom stereocenters. The van der Waals surface area contributed by atoms with Crippen molar-refractivity contribution in [3.8, 4) is 0 Å². The zero-order chi connectivity index (χ0) is 17.6. The van der Waals surface area contributed by atoms with E-state index in [1.54, 1.807) is 4.90 Å². The highest BCUT2D eigenvalue weighted by Gasteiger charge is 2.39. The van der Waals surface area contributed by atoms with Gasteiger partial charge in [-0.2, -0.15) is 0 Å². The lowest BCUT2D eigenvalue weighted by Crippen LogP contribution is -2.34. The molecule has 1 aliphatic rings. The Hall–Kier alpha value is -3.08. The van der Waals surface area contributed by atoms with Crippen molar-refractivity contribution in [2.75, 3.05) is 13.7 Å². The van der Waals surface area contributed by atoms with Crippen molar-refractivity contribution in [3.63, 3.8) is 0 Å². The first-order valence-corrected chi connectivity index (χ1v) is 8.12. The first kappa shape index (κ1) is 15.4. The molecule has 0 spiro atoms. The fourth-order valence-electron chi connectivity index (χ4n) is 3.66. The molecule has 4 rings (SSSR count). The summed E-state index contributed by atoms with van der Waals surface area (Å²) in [7, 11) is 3.32. The Labute approximate surface area is 145 Å². The van der Waals surface area contributed by atoms with E-state index in [9.17, 15) is 9.59 Å². The molecule has 0 fully saturated rings. The second-order valence-electron chi connectivity index (χ2n) is 6.21. The number of benzene rings is 2. The summed E-state index contributed by atoms with van der Waals surface area (Å²) in [5.74, 6) is -0.565. The predicted molar refractivity (Wildman–Crippen MR) is 94.3 cm³/mol. The lowest BCUT2D eigenvalue weighted by molar-refractivity contribution is -0.141. The van der Waals surface area contributed by atoms with Crippen LogP contribution in [0, 0.1) is 0 Å². The molecular formula is C20H18N2O3. The van der Waals surface area contributed by atoms with Crippen LogP contribution in [0.5, 0.6) is 0 Å². The summed E-state index contributed by atoms with van der Waals surface area (Å²) in [6.45, 7) is -0.0715. The van der Waals surface area contributed by atoms with Gasteiger partial charge in [0.05, 0.1) is 13.2 Å². The Balaban J connectivity index is 1.92. The minimum Gasteiger partial charge on any atom is -0.468 e. The molecule has 1 aliphatic heterocycles. The second kappa shape index (κ2) is 5.77. The summed E-state index contributed by atoms with van der Waals surface area (Å²) in [5, 5.41) is 1.08. The van der Waals surface area contributed by atoms with Crippen LogP contribution >= 0.6 is 0 Å². The van der Waals surface area contributed by atoms with Crippen molar-refractivity contribution >= 4 is 22.8 Å². The molecular weight excluding hydrogens is 316 g/mol. The molecule has 1 amide bonds. The molecule has 0 saturated carbocycles. The molecule has 0 bridgehead atoms. The van der Waals surface area contributed by atoms with Gasteiger partial charge in [0.1, 0.15) is 6.54 Å². The first-order chi connectivity index (χ1) is 12.1. The summed E-state index contributed by atoms with van der Waals surface area (Å²) in [6, 6.07) is 15.3. The Bertz CT molecular complexity index is 990. The molecule has 0 saturated heterocycles. The molecule has 25 heavy (non-hydrogen) atoms. The molecule has 126 valence electrons. The number of aryl methyl sites for hydroxylation is 1. The largest absolute Gasteiger partial charge is 0.468 e. The third-order valence-electron chi connectivity index (χ3n) is 4.81. The van der Waals surface area contributed by atoms with Gasteiger partial charge in [0.2, 0.25) is 0 Å². The predicted octanol–water partition coefficient (Wildman–Crippen LogP) is 2.90. The lowest BCUT2D eigenvalue weighted by Gasteiger charge is -2.24. The van der Waals surface area contributed by atoms with Gasteiger partial charge in [0.25, 0.3) is 5.91 Å². The number of hydrogen-bond acceptors (Lipinski definition) is 3. The van der Waals surface area contributed by atoms with Crippen LogP contribution in [-0.2, 0) is 16.6 Å². The van der Waals surface area contributed by atoms with E-state index in [-0.39, 0.29) is 18.5 Å². The summed E-state index contributed by atoms with van der Waals surface area (Å²) < 4.78 is 6.85. The molecule has 5 heteroatoms. The monoisotopic (exact) mass is 334 g/mol. The SMILES string of the molecule is COC(=O)CN1C(=O)c2ccccc2[C@@H]1c1cn(C)c2ccccc12. The highest BCUT2D eigenvalue weighted by molar-refractivity contribution is 6.02. The second-order valence-corrected chi connectivity index (χ2v) is 6.21. The number of rotatable bonds is 3. The van der Waals surface area contributed by atoms with Gasteiger partial charge in [-0.15, -0.1) is 0 Å². The molecule has 0 N–H and O–H groups in total. The van der Waals surface area contributed by atoms with Crippen LogP contribution < -0.4 is 0 Å². The third-order valence-corrected chi connectivity index (χ3v) is 4.81. The summed E-state index contributed by atoms with van der Waals surface area (Å²) in [5.41, 5.74) is 3.67. The normalized spacial score (nSPS) is 16.3. The van der Waals surface area contributed by atoms with E-state index in [1.807, 2.05) is 66.3 Å². The maximum atomic E-state index is 12.9. The number of hydrogen-bond donors (Lipinski definition) is 0. The van der Waals surface area contributed by atoms with Crippen LogP contribution in [0.25, 0.3) is 10.9 Å². The Kier molecular flexibility index (Phi) is 3.57. The van der Waals surface area contributed by atoms with Gasteiger partial charge in [0, 0.05) is 35.3 Å². The number of fused-ring (bicyclic) bond motifs is 2. The van der Waals surface area contributed by atoms with Crippen molar-refractivity contribution < 1.29 is 14.3 Å². The van der Waals surface area contributed by atoms with E-state index in [4.69, 9.17) is 4.74 Å². The van der Waals surface area contributed by atoms with E-state index in [2.05, 4.69) is 0 Å². The van der Waals surface area contributed by atoms with E-state index in [1.165, 1.54) is 7.11 Å². The number of carbonyl (C=O) groups excluding carboxylic acids is 2. The molecule has 5 nitrogen and oxygen atoms in total. The van der Waals surface area contributed by atoms with Crippen LogP contribution in [-0.4, -0.2) is 35.0 Å². The number of nitrogens with zero attached hydrogens (tertiary/aromatic N) is 2. The zero-order valence-electron chi connectivity index (χ0n) is 14.1. The Morgan fingerprint density at radius 1 is 1.08 bits per heavy atom. The van der Waals surface area contributed by atoms with Crippen LogP contribution in [0.4, 0.5) is 0 Å². The van der Waals surface area contributed by atoms with Gasteiger partial charge in [0.15, 0.2) is 0 Å². The summed E-state index contributed by atoms with van der Waals surface area (Å²) >= 11 is 0. The van der Waals surface area contributed by atoms with E-state index in [0.29, 0.717) is 5.56 Å². The van der Waals surface area contributed by atoms with Gasteiger partial charge in [-0.25, -0.2) is 0 Å². The van der Waals surface area contributed by atoms with E-state index < -0.39 is 5.97 Å². The van der Waals surface area contributed by atoms with E-state index >= 15 is 0 Å². The van der Waals surface area contributed by atoms with Crippen LogP contribution in [0.1, 0.15) is 27.5 Å². The number of carbonyl (C=O) groups is 2. The summed E-state index contributed by atoms with van der Waals surface area (Å²) in [4.78, 5) is 26.4. The maximum Gasteiger partial charge on any atom is 0.325 e. The number of aromatic nitrogens is 1. The Morgan fingerprint density at radius 2 is 1.80 bits per heavy atom. The smallest absolute Gasteiger partial charge is 0.325 e. The van der Waals surface area contributed by atoms with Gasteiger partial charge < -0.3 is 14.2 Å². The molecule has 0 unspecified atom stereocenters. The van der Waals surface area contributed by atoms with Crippen LogP contribution in [0.2, 0.25) is 0 Å². The van der Waals surface area contributed by atoms with Crippen molar-refractivity contribution in [1.82, 2.24) is 9.47 Å². The van der Waals surface area contributed by atoms with Crippen LogP contribution in [0.15, 0.2) is 54.7 Å². The van der Waals surface area contributed by atoms with Gasteiger partial charge in [-0.3, -0.25) is 9.59 Å². The van der Waals surface area contributed by atoms with Crippen molar-refractivity contribution in [2.45, 2.75) is 6.04 Å². The number of ether oxygens (including phenoxy) is 1. The summed E-state index contributed by atoms with van der Waals surface area (Å²) in [6.07, 6.45) is 2.04. The van der Waals surface area contributed by atoms with Gasteiger partial charge >= 0.3 is 5.97 Å². The molecule has 0 aliphatic carbocycles. The van der Waals surface area contributed by atoms with Crippen LogP contribution in [0.3, 0.4) is 0 Å². The molecule has 1 aromatic heterocycles. The highest BCUT2D eigenvalue weighted by Crippen LogP contribution is 2.41. The number of para-hydroxylation sites is 1. The van der Waals surface area contributed by atoms with Crippen molar-refractivity contribution in [1.29, 1.82) is 0 Å². The van der Waals surface area contributed by atoms with Crippen molar-refractivity contribution in [2.24, 2.45) is 7.05 Å². The van der Waals surface area contributed by atoms with Crippen molar-refractivity contribution in [3.05, 3.63) is 71.4 Å². The minimum absolute atomic E-state index is 0.0715. The fraction of sp³-hybridized carbons (Fsp3) is 0.200. The number of amides is 1. The Morgan fingerprint density at radius 3 is 2.60 bits per heavy atom. The topological polar surface area (TPSA) is 51.5 Å². The lowest BCUT2D eigenvalue weighted by atomic mass is 9.97. The van der Waals surface area contributed by atoms with E-state index in [0.717, 1.165) is 22.0 Å². The minimum atomic E-state index is -0.425. The first-order valence-electron chi connectivity index (χ1n) is 8.12. The molecule has 3 aromatic rings.